The molecule has 2 aromatic heterocycles. The number of fused-ring (bicyclic) bond motifs is 1. The Morgan fingerprint density at radius 1 is 1.33 bits per heavy atom. The van der Waals surface area contributed by atoms with Gasteiger partial charge in [-0.1, -0.05) is 0 Å². The lowest BCUT2D eigenvalue weighted by Gasteiger charge is -2.20. The van der Waals surface area contributed by atoms with Crippen LogP contribution in [0.15, 0.2) is 11.0 Å². The molecule has 1 N–H and O–H groups in total. The lowest BCUT2D eigenvalue weighted by molar-refractivity contribution is -0.121. The van der Waals surface area contributed by atoms with Crippen LogP contribution >= 0.6 is 0 Å². The highest BCUT2D eigenvalue weighted by atomic mass is 16.5. The number of aryl methyl sites for hydroxylation is 1. The fourth-order valence-corrected chi connectivity index (χ4v) is 2.78. The zero-order valence-electron chi connectivity index (χ0n) is 17.2. The molecule has 0 radical (unpaired) electrons. The predicted molar refractivity (Wildman–Crippen MR) is 105 cm³/mol. The Kier molecular flexibility index (Phi) is 6.75. The smallest absolute Gasteiger partial charge is 0.264 e. The highest BCUT2D eigenvalue weighted by Crippen LogP contribution is 2.18. The number of nitrogens with one attached hydrogen (secondary N) is 1. The molecule has 8 heteroatoms. The Hall–Kier alpha value is -2.22. The Morgan fingerprint density at radius 3 is 2.67 bits per heavy atom. The third-order valence-electron chi connectivity index (χ3n) is 4.17. The van der Waals surface area contributed by atoms with E-state index in [2.05, 4.69) is 15.4 Å². The van der Waals surface area contributed by atoms with E-state index in [1.165, 1.54) is 0 Å². The molecule has 0 atom stereocenters. The van der Waals surface area contributed by atoms with Crippen LogP contribution in [0.5, 0.6) is 0 Å². The summed E-state index contributed by atoms with van der Waals surface area (Å²) in [5.74, 6) is 0.493. The minimum absolute atomic E-state index is 0.0867. The van der Waals surface area contributed by atoms with Gasteiger partial charge in [-0.15, -0.1) is 0 Å². The largest absolute Gasteiger partial charge is 0.379 e. The van der Waals surface area contributed by atoms with E-state index in [1.807, 2.05) is 34.6 Å². The molecule has 2 rings (SSSR count). The number of hydrogen-bond donors (Lipinski definition) is 1. The molecule has 2 heterocycles. The second-order valence-electron chi connectivity index (χ2n) is 7.95. The number of ether oxygens (including phenoxy) is 1. The fourth-order valence-electron chi connectivity index (χ4n) is 2.78. The number of carbonyl (C=O) groups excluding carboxylic acids is 1. The van der Waals surface area contributed by atoms with Crippen LogP contribution in [-0.4, -0.2) is 44.5 Å². The molecule has 0 aromatic carbocycles. The molecule has 2 aromatic rings. The van der Waals surface area contributed by atoms with E-state index in [9.17, 15) is 9.59 Å². The highest BCUT2D eigenvalue weighted by molar-refractivity contribution is 5.76. The summed E-state index contributed by atoms with van der Waals surface area (Å²) in [5.41, 5.74) is 0.154. The van der Waals surface area contributed by atoms with Crippen molar-refractivity contribution >= 4 is 16.9 Å². The van der Waals surface area contributed by atoms with E-state index in [-0.39, 0.29) is 29.5 Å². The van der Waals surface area contributed by atoms with Crippen LogP contribution in [0.3, 0.4) is 0 Å². The molecule has 0 saturated carbocycles. The van der Waals surface area contributed by atoms with Crippen molar-refractivity contribution in [2.24, 2.45) is 0 Å². The summed E-state index contributed by atoms with van der Waals surface area (Å²) in [6.45, 7) is 13.3. The van der Waals surface area contributed by atoms with Crippen molar-refractivity contribution in [3.8, 4) is 0 Å². The minimum Gasteiger partial charge on any atom is -0.379 e. The monoisotopic (exact) mass is 377 g/mol. The van der Waals surface area contributed by atoms with Crippen LogP contribution in [0.25, 0.3) is 11.0 Å². The molecule has 0 aliphatic rings. The van der Waals surface area contributed by atoms with Gasteiger partial charge in [0.15, 0.2) is 5.65 Å². The second-order valence-corrected chi connectivity index (χ2v) is 7.95. The first-order chi connectivity index (χ1) is 12.6. The van der Waals surface area contributed by atoms with E-state index in [0.29, 0.717) is 36.6 Å². The van der Waals surface area contributed by atoms with E-state index >= 15 is 0 Å². The van der Waals surface area contributed by atoms with E-state index in [0.717, 1.165) is 6.42 Å². The Labute approximate surface area is 159 Å². The quantitative estimate of drug-likeness (QED) is 0.710. The third kappa shape index (κ3) is 5.38. The van der Waals surface area contributed by atoms with Gasteiger partial charge in [-0.05, 0) is 48.0 Å². The summed E-state index contributed by atoms with van der Waals surface area (Å²) in [5, 5.41) is 7.65. The van der Waals surface area contributed by atoms with Crippen molar-refractivity contribution in [3.63, 3.8) is 0 Å². The lowest BCUT2D eigenvalue weighted by atomic mass is 10.1. The maximum Gasteiger partial charge on any atom is 0.264 e. The standard InChI is InChI=1S/C19H31N5O3/c1-13(2)27-11-7-9-20-16(25)8-10-23-14(3)22-17-15(18(23)26)12-21-24(17)19(4,5)6/h12-13H,7-11H2,1-6H3,(H,20,25). The Morgan fingerprint density at radius 2 is 2.04 bits per heavy atom. The summed E-state index contributed by atoms with van der Waals surface area (Å²) in [6.07, 6.45) is 2.75. The number of rotatable bonds is 8. The zero-order valence-corrected chi connectivity index (χ0v) is 17.2. The molecule has 0 saturated heterocycles. The Bertz CT molecular complexity index is 845. The fraction of sp³-hybridized carbons (Fsp3) is 0.684. The van der Waals surface area contributed by atoms with E-state index < -0.39 is 0 Å². The van der Waals surface area contributed by atoms with Gasteiger partial charge in [0.1, 0.15) is 11.2 Å². The van der Waals surface area contributed by atoms with Crippen molar-refractivity contribution in [1.29, 1.82) is 0 Å². The first kappa shape index (κ1) is 21.1. The predicted octanol–water partition coefficient (Wildman–Crippen LogP) is 1.98. The van der Waals surface area contributed by atoms with Gasteiger partial charge in [0.2, 0.25) is 5.91 Å². The van der Waals surface area contributed by atoms with Gasteiger partial charge in [0.05, 0.1) is 17.8 Å². The first-order valence-corrected chi connectivity index (χ1v) is 9.45. The van der Waals surface area contributed by atoms with Crippen molar-refractivity contribution in [2.45, 2.75) is 72.6 Å². The third-order valence-corrected chi connectivity index (χ3v) is 4.17. The van der Waals surface area contributed by atoms with Crippen LogP contribution < -0.4 is 10.9 Å². The van der Waals surface area contributed by atoms with Gasteiger partial charge in [-0.25, -0.2) is 9.67 Å². The van der Waals surface area contributed by atoms with E-state index in [1.54, 1.807) is 22.4 Å². The van der Waals surface area contributed by atoms with Crippen LogP contribution in [0.1, 0.15) is 53.3 Å². The number of nitrogens with zero attached hydrogens (tertiary/aromatic N) is 4. The average molecular weight is 377 g/mol. The second kappa shape index (κ2) is 8.65. The van der Waals surface area contributed by atoms with Crippen LogP contribution in [0.4, 0.5) is 0 Å². The lowest BCUT2D eigenvalue weighted by Crippen LogP contribution is -2.30. The summed E-state index contributed by atoms with van der Waals surface area (Å²) in [7, 11) is 0. The normalized spacial score (nSPS) is 12.1. The van der Waals surface area contributed by atoms with Gasteiger partial charge in [0.25, 0.3) is 5.56 Å². The number of carbonyl (C=O) groups is 1. The van der Waals surface area contributed by atoms with Crippen molar-refractivity contribution in [2.75, 3.05) is 13.2 Å². The maximum atomic E-state index is 12.8. The molecule has 0 spiro atoms. The van der Waals surface area contributed by atoms with Gasteiger partial charge in [-0.3, -0.25) is 14.2 Å². The van der Waals surface area contributed by atoms with E-state index in [4.69, 9.17) is 4.74 Å². The molecule has 150 valence electrons. The summed E-state index contributed by atoms with van der Waals surface area (Å²) >= 11 is 0. The van der Waals surface area contributed by atoms with Crippen LogP contribution in [0, 0.1) is 6.92 Å². The molecular formula is C19H31N5O3. The Balaban J connectivity index is 2.01. The average Bonchev–Trinajstić information content (AvgIpc) is 2.98. The minimum atomic E-state index is -0.265. The first-order valence-electron chi connectivity index (χ1n) is 9.45. The van der Waals surface area contributed by atoms with Gasteiger partial charge in [0, 0.05) is 26.1 Å². The zero-order chi connectivity index (χ0) is 20.2. The molecule has 0 fully saturated rings. The SMILES string of the molecule is Cc1nc2c(cnn2C(C)(C)C)c(=O)n1CCC(=O)NCCCOC(C)C. The highest BCUT2D eigenvalue weighted by Gasteiger charge is 2.21. The molecular weight excluding hydrogens is 346 g/mol. The topological polar surface area (TPSA) is 91.0 Å². The molecule has 0 unspecified atom stereocenters. The van der Waals surface area contributed by atoms with Gasteiger partial charge < -0.3 is 10.1 Å². The van der Waals surface area contributed by atoms with Gasteiger partial charge in [-0.2, -0.15) is 5.10 Å². The van der Waals surface area contributed by atoms with Crippen molar-refractivity contribution in [3.05, 3.63) is 22.4 Å². The van der Waals surface area contributed by atoms with Crippen molar-refractivity contribution in [1.82, 2.24) is 24.6 Å². The maximum absolute atomic E-state index is 12.8. The van der Waals surface area contributed by atoms with Gasteiger partial charge >= 0.3 is 0 Å². The molecule has 8 nitrogen and oxygen atoms in total. The molecule has 0 aliphatic carbocycles. The molecule has 27 heavy (non-hydrogen) atoms. The molecule has 0 aliphatic heterocycles. The van der Waals surface area contributed by atoms with Crippen LogP contribution in [0.2, 0.25) is 0 Å². The summed E-state index contributed by atoms with van der Waals surface area (Å²) in [6, 6.07) is 0. The number of aromatic nitrogens is 4. The number of amides is 1. The number of hydrogen-bond acceptors (Lipinski definition) is 5. The molecule has 0 bridgehead atoms. The van der Waals surface area contributed by atoms with Crippen molar-refractivity contribution < 1.29 is 9.53 Å². The molecule has 1 amide bonds. The summed E-state index contributed by atoms with van der Waals surface area (Å²) < 4.78 is 8.74. The van der Waals surface area contributed by atoms with Crippen LogP contribution in [-0.2, 0) is 21.6 Å². The summed E-state index contributed by atoms with van der Waals surface area (Å²) in [4.78, 5) is 29.4.